The van der Waals surface area contributed by atoms with Crippen LogP contribution in [-0.4, -0.2) is 36.5 Å². The van der Waals surface area contributed by atoms with Crippen LogP contribution in [-0.2, 0) is 9.59 Å². The van der Waals surface area contributed by atoms with Gasteiger partial charge >= 0.3 is 5.69 Å². The second kappa shape index (κ2) is 13.5. The number of aliphatic carboxylic acids is 2. The number of hydrogen-bond donors (Lipinski definition) is 3. The van der Waals surface area contributed by atoms with Crippen molar-refractivity contribution < 1.29 is 19.8 Å². The number of nitrogens with zero attached hydrogens (tertiary/aromatic N) is 2. The van der Waals surface area contributed by atoms with E-state index in [9.17, 15) is 4.79 Å². The van der Waals surface area contributed by atoms with Crippen molar-refractivity contribution in [2.75, 3.05) is 0 Å². The van der Waals surface area contributed by atoms with Gasteiger partial charge < -0.3 is 15.2 Å². The smallest absolute Gasteiger partial charge is 0.332 e. The van der Waals surface area contributed by atoms with Crippen molar-refractivity contribution in [1.82, 2.24) is 14.4 Å². The highest BCUT2D eigenvalue weighted by Gasteiger charge is 2.09. The molecule has 0 aliphatic carbocycles. The highest BCUT2D eigenvalue weighted by molar-refractivity contribution is 5.95. The summed E-state index contributed by atoms with van der Waals surface area (Å²) in [6.45, 7) is 10.2. The molecule has 0 atom stereocenters. The summed E-state index contributed by atoms with van der Waals surface area (Å²) in [7, 11) is 0. The number of imidazole rings is 1. The monoisotopic (exact) mass is 415 g/mol. The van der Waals surface area contributed by atoms with Crippen LogP contribution in [0, 0.1) is 0 Å². The van der Waals surface area contributed by atoms with Crippen LogP contribution in [0.15, 0.2) is 53.3 Å². The molecule has 162 valence electrons. The molecule has 0 spiro atoms. The fraction of sp³-hybridized carbons (Fsp3) is 0.273. The maximum atomic E-state index is 12.1. The van der Waals surface area contributed by atoms with E-state index in [2.05, 4.69) is 9.97 Å². The number of nitrogens with one attached hydrogen (secondary N) is 1. The average Bonchev–Trinajstić information content (AvgIpc) is 3.11. The van der Waals surface area contributed by atoms with Gasteiger partial charge in [0, 0.05) is 19.2 Å². The van der Waals surface area contributed by atoms with Gasteiger partial charge in [0.2, 0.25) is 0 Å². The summed E-state index contributed by atoms with van der Waals surface area (Å²) in [6.07, 6.45) is 0. The van der Waals surface area contributed by atoms with Crippen LogP contribution in [0.4, 0.5) is 0 Å². The molecule has 8 heteroatoms. The molecule has 0 bridgehead atoms. The van der Waals surface area contributed by atoms with Crippen LogP contribution in [0.5, 0.6) is 0 Å². The number of carboxylic acids is 2. The van der Waals surface area contributed by atoms with Gasteiger partial charge in [0.05, 0.1) is 16.6 Å². The molecular weight excluding hydrogens is 386 g/mol. The topological polar surface area (TPSA) is 125 Å². The Labute approximate surface area is 174 Å². The van der Waals surface area contributed by atoms with Crippen molar-refractivity contribution in [2.45, 2.75) is 41.5 Å². The Kier molecular flexibility index (Phi) is 11.8. The van der Waals surface area contributed by atoms with Crippen LogP contribution >= 0.6 is 0 Å². The van der Waals surface area contributed by atoms with E-state index in [0.717, 1.165) is 35.8 Å². The zero-order valence-corrected chi connectivity index (χ0v) is 18.1. The number of carbonyl (C=O) groups is 2. The van der Waals surface area contributed by atoms with E-state index in [1.165, 1.54) is 0 Å². The standard InChI is InChI=1S/C14H9N3O.2C2H4O2.2C2H6/c18-14-16-10-6-2-1-5-9(10)13-15-11-7-3-4-8-12(11)17(13)14;2*1-2(3)4;2*1-2/h1-8H,(H,16,18);2*1H3,(H,3,4);2*1-2H3. The summed E-state index contributed by atoms with van der Waals surface area (Å²) in [5.41, 5.74) is 3.03. The van der Waals surface area contributed by atoms with Gasteiger partial charge in [-0.05, 0) is 24.3 Å². The van der Waals surface area contributed by atoms with Crippen molar-refractivity contribution in [3.63, 3.8) is 0 Å². The highest BCUT2D eigenvalue weighted by atomic mass is 16.4. The van der Waals surface area contributed by atoms with Crippen LogP contribution in [0.1, 0.15) is 41.5 Å². The maximum absolute atomic E-state index is 12.1. The minimum absolute atomic E-state index is 0.155. The van der Waals surface area contributed by atoms with Gasteiger partial charge in [-0.1, -0.05) is 52.0 Å². The number of benzene rings is 2. The van der Waals surface area contributed by atoms with E-state index < -0.39 is 11.9 Å². The summed E-state index contributed by atoms with van der Waals surface area (Å²) >= 11 is 0. The molecule has 8 nitrogen and oxygen atoms in total. The van der Waals surface area contributed by atoms with Gasteiger partial charge in [-0.25, -0.2) is 14.2 Å². The molecule has 2 heterocycles. The van der Waals surface area contributed by atoms with E-state index in [1.807, 2.05) is 76.2 Å². The third-order valence-electron chi connectivity index (χ3n) is 3.17. The Bertz CT molecular complexity index is 1130. The second-order valence-electron chi connectivity index (χ2n) is 5.27. The largest absolute Gasteiger partial charge is 0.481 e. The van der Waals surface area contributed by atoms with E-state index in [-0.39, 0.29) is 5.69 Å². The molecule has 4 rings (SSSR count). The van der Waals surface area contributed by atoms with Crippen LogP contribution in [0.3, 0.4) is 0 Å². The lowest BCUT2D eigenvalue weighted by atomic mass is 10.2. The van der Waals surface area contributed by atoms with E-state index in [4.69, 9.17) is 19.8 Å². The Morgan fingerprint density at radius 3 is 1.90 bits per heavy atom. The number of fused-ring (bicyclic) bond motifs is 5. The first kappa shape index (κ1) is 26.3. The number of para-hydroxylation sites is 3. The van der Waals surface area contributed by atoms with Crippen molar-refractivity contribution in [3.05, 3.63) is 59.0 Å². The van der Waals surface area contributed by atoms with Gasteiger partial charge in [0.25, 0.3) is 11.9 Å². The van der Waals surface area contributed by atoms with Crippen molar-refractivity contribution in [2.24, 2.45) is 0 Å². The maximum Gasteiger partial charge on any atom is 0.332 e. The molecule has 0 saturated heterocycles. The summed E-state index contributed by atoms with van der Waals surface area (Å²) in [5, 5.41) is 15.8. The van der Waals surface area contributed by atoms with Gasteiger partial charge in [-0.15, -0.1) is 0 Å². The number of carboxylic acid groups (broad SMARTS) is 2. The molecule has 0 amide bonds. The molecule has 2 aromatic carbocycles. The minimum atomic E-state index is -0.833. The summed E-state index contributed by atoms with van der Waals surface area (Å²) in [4.78, 5) is 37.6. The average molecular weight is 415 g/mol. The predicted molar refractivity (Wildman–Crippen MR) is 120 cm³/mol. The Morgan fingerprint density at radius 1 is 0.867 bits per heavy atom. The van der Waals surface area contributed by atoms with Gasteiger partial charge in [-0.2, -0.15) is 0 Å². The van der Waals surface area contributed by atoms with Crippen molar-refractivity contribution in [3.8, 4) is 0 Å². The highest BCUT2D eigenvalue weighted by Crippen LogP contribution is 2.20. The first-order chi connectivity index (χ1) is 14.3. The fourth-order valence-corrected chi connectivity index (χ4v) is 2.37. The van der Waals surface area contributed by atoms with Gasteiger partial charge in [0.15, 0.2) is 5.65 Å². The van der Waals surface area contributed by atoms with Crippen molar-refractivity contribution >= 4 is 39.5 Å². The van der Waals surface area contributed by atoms with E-state index >= 15 is 0 Å². The number of rotatable bonds is 0. The summed E-state index contributed by atoms with van der Waals surface area (Å²) < 4.78 is 1.62. The number of aromatic amines is 1. The van der Waals surface area contributed by atoms with Crippen LogP contribution < -0.4 is 5.69 Å². The minimum Gasteiger partial charge on any atom is -0.481 e. The van der Waals surface area contributed by atoms with Crippen LogP contribution in [0.2, 0.25) is 0 Å². The molecule has 0 unspecified atom stereocenters. The first-order valence-corrected chi connectivity index (χ1v) is 9.58. The van der Waals surface area contributed by atoms with Gasteiger partial charge in [-0.3, -0.25) is 9.59 Å². The molecular formula is C22H29N3O5. The Balaban J connectivity index is 0.000000595. The zero-order valence-electron chi connectivity index (χ0n) is 18.1. The van der Waals surface area contributed by atoms with E-state index in [0.29, 0.717) is 5.65 Å². The zero-order chi connectivity index (χ0) is 23.3. The summed E-state index contributed by atoms with van der Waals surface area (Å²) in [6, 6.07) is 15.3. The Morgan fingerprint density at radius 2 is 1.33 bits per heavy atom. The third kappa shape index (κ3) is 7.38. The molecule has 3 N–H and O–H groups in total. The normalized spacial score (nSPS) is 9.00. The second-order valence-corrected chi connectivity index (χ2v) is 5.27. The number of hydrogen-bond acceptors (Lipinski definition) is 4. The predicted octanol–water partition coefficient (Wildman–Crippen LogP) is 4.56. The SMILES string of the molecule is CC.CC.CC(=O)O.CC(=O)O.O=c1[nH]c2ccccc2c2nc3ccccc3n12. The van der Waals surface area contributed by atoms with Gasteiger partial charge in [0.1, 0.15) is 0 Å². The number of H-pyrrole nitrogens is 1. The lowest BCUT2D eigenvalue weighted by molar-refractivity contribution is -0.135. The molecule has 4 aromatic rings. The quantitative estimate of drug-likeness (QED) is 0.386. The molecule has 0 fully saturated rings. The summed E-state index contributed by atoms with van der Waals surface area (Å²) in [5.74, 6) is -1.67. The molecule has 0 aliphatic rings. The lowest BCUT2D eigenvalue weighted by Gasteiger charge is -1.99. The molecule has 0 aliphatic heterocycles. The molecule has 2 aromatic heterocycles. The first-order valence-electron chi connectivity index (χ1n) is 9.58. The van der Waals surface area contributed by atoms with Crippen molar-refractivity contribution in [1.29, 1.82) is 0 Å². The van der Waals surface area contributed by atoms with E-state index in [1.54, 1.807) is 4.40 Å². The third-order valence-corrected chi connectivity index (χ3v) is 3.17. The fourth-order valence-electron chi connectivity index (χ4n) is 2.37. The number of aromatic nitrogens is 3. The lowest BCUT2D eigenvalue weighted by Crippen LogP contribution is -2.15. The molecule has 0 radical (unpaired) electrons. The Hall–Kier alpha value is -3.68. The molecule has 0 saturated carbocycles. The van der Waals surface area contributed by atoms with Crippen LogP contribution in [0.25, 0.3) is 27.6 Å². The molecule has 30 heavy (non-hydrogen) atoms.